The number of nitrogens with one attached hydrogen (secondary N) is 1. The van der Waals surface area contributed by atoms with Gasteiger partial charge in [-0.05, 0) is 37.0 Å². The molecule has 25 heavy (non-hydrogen) atoms. The van der Waals surface area contributed by atoms with Gasteiger partial charge in [-0.2, -0.15) is 0 Å². The van der Waals surface area contributed by atoms with Crippen LogP contribution >= 0.6 is 0 Å². The molecule has 0 spiro atoms. The van der Waals surface area contributed by atoms with Gasteiger partial charge in [0.25, 0.3) is 5.56 Å². The summed E-state index contributed by atoms with van der Waals surface area (Å²) in [6.45, 7) is 6.99. The minimum atomic E-state index is 0.00984. The summed E-state index contributed by atoms with van der Waals surface area (Å²) in [4.78, 5) is 21.8. The molecule has 1 aromatic heterocycles. The van der Waals surface area contributed by atoms with Crippen LogP contribution < -0.4 is 15.0 Å². The third-order valence-corrected chi connectivity index (χ3v) is 4.86. The SMILES string of the molecule is Cc1nc2c(c(=O)[nH]1)CN(CC(C)Cc1ccc3c(c1)OCO3)CC2. The van der Waals surface area contributed by atoms with Crippen LogP contribution in [0.15, 0.2) is 23.0 Å². The largest absolute Gasteiger partial charge is 0.454 e. The molecule has 0 bridgehead atoms. The van der Waals surface area contributed by atoms with Gasteiger partial charge in [0.15, 0.2) is 11.5 Å². The second-order valence-corrected chi connectivity index (χ2v) is 7.06. The molecule has 6 heteroatoms. The quantitative estimate of drug-likeness (QED) is 0.922. The summed E-state index contributed by atoms with van der Waals surface area (Å²) in [6.07, 6.45) is 1.82. The first kappa shape index (κ1) is 16.1. The van der Waals surface area contributed by atoms with Gasteiger partial charge in [-0.25, -0.2) is 4.98 Å². The summed E-state index contributed by atoms with van der Waals surface area (Å²) in [7, 11) is 0. The highest BCUT2D eigenvalue weighted by molar-refractivity contribution is 5.44. The maximum atomic E-state index is 12.2. The van der Waals surface area contributed by atoms with Crippen LogP contribution in [0.3, 0.4) is 0 Å². The Morgan fingerprint density at radius 3 is 3.04 bits per heavy atom. The Morgan fingerprint density at radius 2 is 2.16 bits per heavy atom. The zero-order chi connectivity index (χ0) is 17.4. The molecule has 2 aliphatic rings. The van der Waals surface area contributed by atoms with E-state index < -0.39 is 0 Å². The number of hydrogen-bond acceptors (Lipinski definition) is 5. The van der Waals surface area contributed by atoms with Crippen molar-refractivity contribution in [3.63, 3.8) is 0 Å². The van der Waals surface area contributed by atoms with E-state index in [0.717, 1.165) is 48.7 Å². The Labute approximate surface area is 146 Å². The molecule has 1 unspecified atom stereocenters. The Kier molecular flexibility index (Phi) is 4.21. The van der Waals surface area contributed by atoms with E-state index in [2.05, 4.69) is 33.9 Å². The fraction of sp³-hybridized carbons (Fsp3) is 0.474. The Bertz CT molecular complexity index is 846. The number of aromatic amines is 1. The molecule has 0 saturated carbocycles. The summed E-state index contributed by atoms with van der Waals surface area (Å²) in [5.74, 6) is 2.85. The molecule has 6 nitrogen and oxygen atoms in total. The predicted molar refractivity (Wildman–Crippen MR) is 94.0 cm³/mol. The van der Waals surface area contributed by atoms with Crippen molar-refractivity contribution in [2.45, 2.75) is 33.2 Å². The lowest BCUT2D eigenvalue weighted by Crippen LogP contribution is -2.38. The van der Waals surface area contributed by atoms with E-state index in [9.17, 15) is 4.79 Å². The second-order valence-electron chi connectivity index (χ2n) is 7.06. The lowest BCUT2D eigenvalue weighted by molar-refractivity contribution is 0.174. The number of aryl methyl sites for hydroxylation is 1. The molecule has 1 N–H and O–H groups in total. The molecule has 3 heterocycles. The number of fused-ring (bicyclic) bond motifs is 2. The molecule has 0 fully saturated rings. The molecular weight excluding hydrogens is 318 g/mol. The van der Waals surface area contributed by atoms with Crippen LogP contribution in [0.2, 0.25) is 0 Å². The van der Waals surface area contributed by atoms with Crippen molar-refractivity contribution in [1.29, 1.82) is 0 Å². The number of rotatable bonds is 4. The van der Waals surface area contributed by atoms with Gasteiger partial charge in [0.2, 0.25) is 6.79 Å². The Balaban J connectivity index is 1.40. The van der Waals surface area contributed by atoms with Crippen LogP contribution in [-0.2, 0) is 19.4 Å². The van der Waals surface area contributed by atoms with Gasteiger partial charge in [-0.1, -0.05) is 13.0 Å². The Morgan fingerprint density at radius 1 is 1.32 bits per heavy atom. The van der Waals surface area contributed by atoms with Crippen molar-refractivity contribution in [1.82, 2.24) is 14.9 Å². The van der Waals surface area contributed by atoms with Gasteiger partial charge in [0, 0.05) is 26.1 Å². The number of ether oxygens (including phenoxy) is 2. The summed E-state index contributed by atoms with van der Waals surface area (Å²) >= 11 is 0. The first-order valence-corrected chi connectivity index (χ1v) is 8.78. The fourth-order valence-corrected chi connectivity index (χ4v) is 3.74. The van der Waals surface area contributed by atoms with Crippen LogP contribution in [0.5, 0.6) is 11.5 Å². The van der Waals surface area contributed by atoms with Crippen molar-refractivity contribution >= 4 is 0 Å². The van der Waals surface area contributed by atoms with Crippen LogP contribution in [-0.4, -0.2) is 34.8 Å². The standard InChI is InChI=1S/C19H23N3O3/c1-12(7-14-3-4-17-18(8-14)25-11-24-17)9-22-6-5-16-15(10-22)19(23)21-13(2)20-16/h3-4,8,12H,5-7,9-11H2,1-2H3,(H,20,21,23). The molecule has 1 aromatic carbocycles. The molecule has 2 aliphatic heterocycles. The highest BCUT2D eigenvalue weighted by atomic mass is 16.7. The number of H-pyrrole nitrogens is 1. The number of aromatic nitrogens is 2. The smallest absolute Gasteiger partial charge is 0.255 e. The van der Waals surface area contributed by atoms with Crippen LogP contribution in [0.1, 0.15) is 29.6 Å². The van der Waals surface area contributed by atoms with Gasteiger partial charge in [0.05, 0.1) is 11.3 Å². The van der Waals surface area contributed by atoms with E-state index in [0.29, 0.717) is 25.1 Å². The number of nitrogens with zero attached hydrogens (tertiary/aromatic N) is 2. The van der Waals surface area contributed by atoms with Crippen molar-refractivity contribution in [2.75, 3.05) is 19.9 Å². The molecule has 0 radical (unpaired) electrons. The van der Waals surface area contributed by atoms with E-state index in [-0.39, 0.29) is 5.56 Å². The van der Waals surface area contributed by atoms with Crippen molar-refractivity contribution < 1.29 is 9.47 Å². The van der Waals surface area contributed by atoms with Gasteiger partial charge < -0.3 is 14.5 Å². The maximum absolute atomic E-state index is 12.2. The van der Waals surface area contributed by atoms with E-state index in [1.807, 2.05) is 13.0 Å². The molecule has 132 valence electrons. The lowest BCUT2D eigenvalue weighted by Gasteiger charge is -2.30. The van der Waals surface area contributed by atoms with Crippen molar-refractivity contribution in [3.05, 3.63) is 51.2 Å². The maximum Gasteiger partial charge on any atom is 0.255 e. The third kappa shape index (κ3) is 3.39. The second kappa shape index (κ2) is 6.52. The summed E-state index contributed by atoms with van der Waals surface area (Å²) in [5, 5.41) is 0. The van der Waals surface area contributed by atoms with E-state index in [4.69, 9.17) is 9.47 Å². The summed E-state index contributed by atoms with van der Waals surface area (Å²) in [5.41, 5.74) is 3.05. The van der Waals surface area contributed by atoms with Crippen LogP contribution in [0, 0.1) is 12.8 Å². The minimum absolute atomic E-state index is 0.00984. The Hall–Kier alpha value is -2.34. The van der Waals surface area contributed by atoms with Gasteiger partial charge in [-0.3, -0.25) is 9.69 Å². The van der Waals surface area contributed by atoms with E-state index in [1.165, 1.54) is 5.56 Å². The zero-order valence-corrected chi connectivity index (χ0v) is 14.7. The average molecular weight is 341 g/mol. The normalized spacial score (nSPS) is 17.4. The van der Waals surface area contributed by atoms with Crippen LogP contribution in [0.25, 0.3) is 0 Å². The highest BCUT2D eigenvalue weighted by Crippen LogP contribution is 2.33. The molecule has 4 rings (SSSR count). The molecular formula is C19H23N3O3. The van der Waals surface area contributed by atoms with Gasteiger partial charge in [0.1, 0.15) is 5.82 Å². The third-order valence-electron chi connectivity index (χ3n) is 4.86. The minimum Gasteiger partial charge on any atom is -0.454 e. The molecule has 0 saturated heterocycles. The lowest BCUT2D eigenvalue weighted by atomic mass is 9.98. The van der Waals surface area contributed by atoms with Crippen molar-refractivity contribution in [3.8, 4) is 11.5 Å². The summed E-state index contributed by atoms with van der Waals surface area (Å²) < 4.78 is 10.8. The zero-order valence-electron chi connectivity index (χ0n) is 14.7. The summed E-state index contributed by atoms with van der Waals surface area (Å²) in [6, 6.07) is 6.16. The van der Waals surface area contributed by atoms with E-state index >= 15 is 0 Å². The molecule has 2 aromatic rings. The van der Waals surface area contributed by atoms with Crippen LogP contribution in [0.4, 0.5) is 0 Å². The topological polar surface area (TPSA) is 67.5 Å². The highest BCUT2D eigenvalue weighted by Gasteiger charge is 2.22. The number of benzene rings is 1. The first-order valence-electron chi connectivity index (χ1n) is 8.78. The van der Waals surface area contributed by atoms with Crippen molar-refractivity contribution in [2.24, 2.45) is 5.92 Å². The fourth-order valence-electron chi connectivity index (χ4n) is 3.74. The number of hydrogen-bond donors (Lipinski definition) is 1. The van der Waals surface area contributed by atoms with Gasteiger partial charge in [-0.15, -0.1) is 0 Å². The molecule has 0 aliphatic carbocycles. The average Bonchev–Trinajstić information content (AvgIpc) is 3.03. The van der Waals surface area contributed by atoms with E-state index in [1.54, 1.807) is 0 Å². The monoisotopic (exact) mass is 341 g/mol. The predicted octanol–water partition coefficient (Wildman–Crippen LogP) is 2.04. The molecule has 0 amide bonds. The molecule has 1 atom stereocenters. The first-order chi connectivity index (χ1) is 12.1. The van der Waals surface area contributed by atoms with Gasteiger partial charge >= 0.3 is 0 Å².